The van der Waals surface area contributed by atoms with E-state index in [1.54, 1.807) is 25.7 Å². The Kier molecular flexibility index (Phi) is 4.10. The molecule has 2 fully saturated rings. The molecule has 0 radical (unpaired) electrons. The number of rotatable bonds is 0. The van der Waals surface area contributed by atoms with Crippen LogP contribution in [0.3, 0.4) is 0 Å². The molecular weight excluding hydrogens is 216 g/mol. The lowest BCUT2D eigenvalue weighted by Gasteiger charge is -2.46. The first-order valence-electron chi connectivity index (χ1n) is 5.64. The number of fused-ring (bicyclic) bond motifs is 1. The van der Waals surface area contributed by atoms with Crippen LogP contribution in [0.4, 0.5) is 13.8 Å². The highest BCUT2D eigenvalue weighted by Gasteiger charge is 2.37. The minimum atomic E-state index is -1.63. The van der Waals surface area contributed by atoms with Gasteiger partial charge in [-0.3, -0.25) is 0 Å². The Morgan fingerprint density at radius 2 is 1.50 bits per heavy atom. The van der Waals surface area contributed by atoms with E-state index in [1.807, 2.05) is 0 Å². The van der Waals surface area contributed by atoms with Gasteiger partial charge in [-0.2, -0.15) is 0 Å². The number of amides is 1. The summed E-state index contributed by atoms with van der Waals surface area (Å²) in [5, 5.41) is -1.59. The summed E-state index contributed by atoms with van der Waals surface area (Å²) in [5.74, 6) is 2.43. The van der Waals surface area contributed by atoms with E-state index in [0.29, 0.717) is 0 Å². The summed E-state index contributed by atoms with van der Waals surface area (Å²) in [4.78, 5) is 10.1. The van der Waals surface area contributed by atoms with Gasteiger partial charge >= 0.3 is 6.09 Å². The van der Waals surface area contributed by atoms with Crippen molar-refractivity contribution in [2.45, 2.75) is 52.1 Å². The first-order chi connectivity index (χ1) is 7.29. The van der Waals surface area contributed by atoms with Crippen LogP contribution in [-0.4, -0.2) is 17.0 Å². The van der Waals surface area contributed by atoms with E-state index in [1.165, 1.54) is 32.6 Å². The molecule has 0 aromatic heterocycles. The van der Waals surface area contributed by atoms with E-state index in [4.69, 9.17) is 0 Å². The average Bonchev–Trinajstić information content (AvgIpc) is 2.09. The number of ether oxygens (including phenoxy) is 1. The Morgan fingerprint density at radius 1 is 1.12 bits per heavy atom. The molecule has 0 N–H and O–H groups in total. The lowest BCUT2D eigenvalue weighted by molar-refractivity contribution is -0.139. The Labute approximate surface area is 94.6 Å². The number of hydrogen-bond donors (Lipinski definition) is 0. The van der Waals surface area contributed by atoms with E-state index in [-0.39, 0.29) is 0 Å². The molecule has 0 unspecified atom stereocenters. The van der Waals surface area contributed by atoms with Gasteiger partial charge in [0, 0.05) is 5.34 Å². The third-order valence-corrected chi connectivity index (χ3v) is 3.01. The number of hydrogen-bond acceptors (Lipinski definition) is 2. The average molecular weight is 235 g/mol. The molecule has 5 heteroatoms. The molecule has 16 heavy (non-hydrogen) atoms. The maximum atomic E-state index is 11.3. The maximum Gasteiger partial charge on any atom is 0.468 e. The van der Waals surface area contributed by atoms with Crippen molar-refractivity contribution in [3.8, 4) is 0 Å². The van der Waals surface area contributed by atoms with Crippen molar-refractivity contribution in [1.82, 2.24) is 5.34 Å². The molecule has 94 valence electrons. The second kappa shape index (κ2) is 4.97. The van der Waals surface area contributed by atoms with Crippen LogP contribution < -0.4 is 0 Å². The fraction of sp³-hybridized carbons (Fsp3) is 0.909. The van der Waals surface area contributed by atoms with Crippen molar-refractivity contribution in [3.05, 3.63) is 0 Å². The summed E-state index contributed by atoms with van der Waals surface area (Å²) in [6.07, 6.45) is 4.61. The fourth-order valence-electron chi connectivity index (χ4n) is 1.86. The summed E-state index contributed by atoms with van der Waals surface area (Å²) < 4.78 is 26.9. The molecule has 2 aliphatic rings. The van der Waals surface area contributed by atoms with Gasteiger partial charge in [-0.15, -0.1) is 0 Å². The molecular formula is C11H19F2NO2. The number of halogens is 2. The summed E-state index contributed by atoms with van der Waals surface area (Å²) in [7, 11) is 0. The van der Waals surface area contributed by atoms with Crippen LogP contribution in [0.5, 0.6) is 0 Å². The van der Waals surface area contributed by atoms with Gasteiger partial charge in [0.05, 0.1) is 0 Å². The largest absolute Gasteiger partial charge is 0.468 e. The normalized spacial score (nSPS) is 26.3. The predicted octanol–water partition coefficient (Wildman–Crippen LogP) is 3.80. The van der Waals surface area contributed by atoms with Crippen LogP contribution in [-0.2, 0) is 4.74 Å². The zero-order valence-corrected chi connectivity index (χ0v) is 10.0. The molecule has 0 bridgehead atoms. The minimum absolute atomic E-state index is 0.868. The van der Waals surface area contributed by atoms with Crippen LogP contribution in [0, 0.1) is 11.8 Å². The van der Waals surface area contributed by atoms with Gasteiger partial charge < -0.3 is 4.74 Å². The summed E-state index contributed by atoms with van der Waals surface area (Å²) in [6, 6.07) is 0. The second-order valence-electron chi connectivity index (χ2n) is 5.39. The molecule has 3 nitrogen and oxygen atoms in total. The van der Waals surface area contributed by atoms with Crippen LogP contribution >= 0.6 is 0 Å². The molecule has 0 saturated heterocycles. The first-order valence-corrected chi connectivity index (χ1v) is 5.64. The maximum absolute atomic E-state index is 11.3. The van der Waals surface area contributed by atoms with Crippen LogP contribution in [0.2, 0.25) is 0 Å². The summed E-state index contributed by atoms with van der Waals surface area (Å²) >= 11 is 0. The van der Waals surface area contributed by atoms with Crippen LogP contribution in [0.25, 0.3) is 0 Å². The van der Waals surface area contributed by atoms with E-state index in [0.717, 1.165) is 0 Å². The van der Waals surface area contributed by atoms with Gasteiger partial charge in [-0.25, -0.2) is 4.79 Å². The third kappa shape index (κ3) is 3.94. The second-order valence-corrected chi connectivity index (χ2v) is 5.39. The molecule has 2 aliphatic carbocycles. The third-order valence-electron chi connectivity index (χ3n) is 3.01. The van der Waals surface area contributed by atoms with Crippen LogP contribution in [0.15, 0.2) is 0 Å². The highest BCUT2D eigenvalue weighted by atomic mass is 19.4. The lowest BCUT2D eigenvalue weighted by Crippen LogP contribution is -2.34. The first kappa shape index (κ1) is 13.2. The number of carbonyl (C=O) groups excluding carboxylic acids is 1. The van der Waals surface area contributed by atoms with Crippen molar-refractivity contribution in [2.75, 3.05) is 0 Å². The van der Waals surface area contributed by atoms with Gasteiger partial charge in [0.25, 0.3) is 0 Å². The smallest absolute Gasteiger partial charge is 0.440 e. The monoisotopic (exact) mass is 235 g/mol. The van der Waals surface area contributed by atoms with Gasteiger partial charge in [-0.05, 0) is 58.3 Å². The van der Waals surface area contributed by atoms with Crippen molar-refractivity contribution >= 4 is 6.09 Å². The molecule has 0 spiro atoms. The quantitative estimate of drug-likeness (QED) is 0.598. The lowest BCUT2D eigenvalue weighted by atomic mass is 9.60. The fourth-order valence-corrected chi connectivity index (χ4v) is 1.86. The minimum Gasteiger partial charge on any atom is -0.440 e. The molecule has 0 heterocycles. The van der Waals surface area contributed by atoms with E-state index in [9.17, 15) is 13.8 Å². The van der Waals surface area contributed by atoms with Crippen molar-refractivity contribution < 1.29 is 18.5 Å². The zero-order chi connectivity index (χ0) is 12.3. The summed E-state index contributed by atoms with van der Waals surface area (Å²) in [6.45, 7) is 4.53. The summed E-state index contributed by atoms with van der Waals surface area (Å²) in [5.41, 5.74) is -0.868. The van der Waals surface area contributed by atoms with Gasteiger partial charge in [0.2, 0.25) is 0 Å². The zero-order valence-electron chi connectivity index (χ0n) is 10.0. The van der Waals surface area contributed by atoms with Crippen molar-refractivity contribution in [1.29, 1.82) is 0 Å². The van der Waals surface area contributed by atoms with Gasteiger partial charge in [-0.1, -0.05) is 8.96 Å². The molecule has 0 aromatic carbocycles. The molecule has 0 atom stereocenters. The molecule has 2 rings (SSSR count). The number of carbonyl (C=O) groups is 1. The van der Waals surface area contributed by atoms with Crippen molar-refractivity contribution in [2.24, 2.45) is 11.8 Å². The molecule has 1 amide bonds. The highest BCUT2D eigenvalue weighted by Crippen LogP contribution is 2.49. The standard InChI is InChI=1S/C6H10.C5H9F2NO2/c1-2-6-4-3-5(1)6;1-5(2,3)10-4(9)8(6)7/h5-6H,1-4H2;1-3H3. The van der Waals surface area contributed by atoms with E-state index in [2.05, 4.69) is 4.74 Å². The predicted molar refractivity (Wildman–Crippen MR) is 55.7 cm³/mol. The molecule has 0 aliphatic heterocycles. The van der Waals surface area contributed by atoms with Gasteiger partial charge in [0.15, 0.2) is 0 Å². The Bertz CT molecular complexity index is 233. The highest BCUT2D eigenvalue weighted by molar-refractivity contribution is 5.65. The molecule has 0 aromatic rings. The van der Waals surface area contributed by atoms with Crippen LogP contribution in [0.1, 0.15) is 46.5 Å². The van der Waals surface area contributed by atoms with Crippen molar-refractivity contribution in [3.63, 3.8) is 0 Å². The Balaban J connectivity index is 0.000000176. The SMILES string of the molecule is C1CC2CCC12.CC(C)(C)OC(=O)N(F)F. The Hall–Kier alpha value is -0.870. The topological polar surface area (TPSA) is 29.5 Å². The number of nitrogens with zero attached hydrogens (tertiary/aromatic N) is 1. The molecule has 2 saturated carbocycles. The Morgan fingerprint density at radius 3 is 1.56 bits per heavy atom. The van der Waals surface area contributed by atoms with E-state index >= 15 is 0 Å². The van der Waals surface area contributed by atoms with Gasteiger partial charge in [0.1, 0.15) is 5.60 Å². The van der Waals surface area contributed by atoms with E-state index < -0.39 is 17.0 Å².